The molecule has 2 aromatic carbocycles. The first kappa shape index (κ1) is 20.1. The summed E-state index contributed by atoms with van der Waals surface area (Å²) in [7, 11) is 3.16. The van der Waals surface area contributed by atoms with Crippen LogP contribution in [-0.2, 0) is 12.8 Å². The second kappa shape index (κ2) is 9.49. The molecule has 0 aromatic heterocycles. The number of hydrogen-bond acceptors (Lipinski definition) is 4. The molecule has 0 atom stereocenters. The largest absolute Gasteiger partial charge is 0.497 e. The summed E-state index contributed by atoms with van der Waals surface area (Å²) in [5, 5.41) is 3.00. The highest BCUT2D eigenvalue weighted by atomic mass is 16.5. The van der Waals surface area contributed by atoms with E-state index in [2.05, 4.69) is 35.3 Å². The van der Waals surface area contributed by atoms with Gasteiger partial charge in [0.2, 0.25) is 0 Å². The van der Waals surface area contributed by atoms with Gasteiger partial charge < -0.3 is 19.7 Å². The van der Waals surface area contributed by atoms with Crippen LogP contribution in [0, 0.1) is 0 Å². The van der Waals surface area contributed by atoms with Crippen LogP contribution in [0.2, 0.25) is 0 Å². The lowest BCUT2D eigenvalue weighted by atomic mass is 9.98. The molecule has 1 heterocycles. The third-order valence-corrected chi connectivity index (χ3v) is 5.17. The first-order chi connectivity index (χ1) is 13.6. The van der Waals surface area contributed by atoms with Gasteiger partial charge in [-0.3, -0.25) is 4.79 Å². The van der Waals surface area contributed by atoms with Gasteiger partial charge in [-0.05, 0) is 55.0 Å². The van der Waals surface area contributed by atoms with Gasteiger partial charge in [0.25, 0.3) is 5.91 Å². The fourth-order valence-corrected chi connectivity index (χ4v) is 3.75. The van der Waals surface area contributed by atoms with Crippen LogP contribution >= 0.6 is 0 Å². The summed E-state index contributed by atoms with van der Waals surface area (Å²) in [6.07, 6.45) is 4.33. The maximum atomic E-state index is 12.5. The van der Waals surface area contributed by atoms with Crippen molar-refractivity contribution < 1.29 is 14.3 Å². The molecule has 5 heteroatoms. The normalized spacial score (nSPS) is 13.0. The fourth-order valence-electron chi connectivity index (χ4n) is 3.75. The Kier molecular flexibility index (Phi) is 6.80. The molecule has 3 rings (SSSR count). The van der Waals surface area contributed by atoms with Gasteiger partial charge in [0.05, 0.1) is 14.2 Å². The van der Waals surface area contributed by atoms with Gasteiger partial charge in [-0.15, -0.1) is 0 Å². The molecule has 0 fully saturated rings. The lowest BCUT2D eigenvalue weighted by Gasteiger charge is -2.31. The third kappa shape index (κ3) is 4.77. The average Bonchev–Trinajstić information content (AvgIpc) is 2.73. The molecule has 5 nitrogen and oxygen atoms in total. The van der Waals surface area contributed by atoms with Crippen LogP contribution in [0.25, 0.3) is 0 Å². The van der Waals surface area contributed by atoms with E-state index in [9.17, 15) is 4.79 Å². The predicted molar refractivity (Wildman–Crippen MR) is 113 cm³/mol. The van der Waals surface area contributed by atoms with Crippen LogP contribution in [0.1, 0.15) is 41.3 Å². The van der Waals surface area contributed by atoms with Gasteiger partial charge >= 0.3 is 0 Å². The second-order valence-corrected chi connectivity index (χ2v) is 7.16. The van der Waals surface area contributed by atoms with Crippen molar-refractivity contribution in [3.63, 3.8) is 0 Å². The number of methoxy groups -OCH3 is 2. The lowest BCUT2D eigenvalue weighted by Crippen LogP contribution is -2.30. The Morgan fingerprint density at radius 1 is 1.11 bits per heavy atom. The number of nitrogens with one attached hydrogen (secondary N) is 1. The number of fused-ring (bicyclic) bond motifs is 1. The first-order valence-corrected chi connectivity index (χ1v) is 10.0. The van der Waals surface area contributed by atoms with E-state index in [0.29, 0.717) is 23.6 Å². The minimum atomic E-state index is -0.121. The molecule has 0 aliphatic carbocycles. The van der Waals surface area contributed by atoms with Crippen LogP contribution in [0.5, 0.6) is 11.5 Å². The van der Waals surface area contributed by atoms with E-state index >= 15 is 0 Å². The Hall–Kier alpha value is -2.69. The molecule has 2 aromatic rings. The monoisotopic (exact) mass is 382 g/mol. The molecule has 0 unspecified atom stereocenters. The van der Waals surface area contributed by atoms with E-state index in [1.54, 1.807) is 32.4 Å². The number of hydrogen-bond donors (Lipinski definition) is 1. The van der Waals surface area contributed by atoms with E-state index in [4.69, 9.17) is 9.47 Å². The number of ether oxygens (including phenoxy) is 2. The topological polar surface area (TPSA) is 50.8 Å². The number of anilines is 1. The fraction of sp³-hybridized carbons (Fsp3) is 0.435. The zero-order chi connectivity index (χ0) is 19.9. The van der Waals surface area contributed by atoms with Crippen LogP contribution in [0.15, 0.2) is 36.4 Å². The van der Waals surface area contributed by atoms with Crippen LogP contribution < -0.4 is 19.7 Å². The Morgan fingerprint density at radius 3 is 2.54 bits per heavy atom. The molecule has 1 aliphatic heterocycles. The van der Waals surface area contributed by atoms with E-state index in [1.165, 1.54) is 29.7 Å². The summed E-state index contributed by atoms with van der Waals surface area (Å²) in [4.78, 5) is 15.0. The van der Waals surface area contributed by atoms with Gasteiger partial charge in [-0.2, -0.15) is 0 Å². The number of amides is 1. The molecule has 0 bridgehead atoms. The Balaban J connectivity index is 1.60. The molecule has 1 amide bonds. The molecular weight excluding hydrogens is 352 g/mol. The van der Waals surface area contributed by atoms with E-state index in [-0.39, 0.29) is 5.91 Å². The number of carbonyl (C=O) groups excluding carboxylic acids is 1. The van der Waals surface area contributed by atoms with Crippen molar-refractivity contribution >= 4 is 11.6 Å². The molecule has 0 saturated carbocycles. The number of benzene rings is 2. The predicted octanol–water partition coefficient (Wildman–Crippen LogP) is 3.84. The van der Waals surface area contributed by atoms with Gasteiger partial charge in [0.15, 0.2) is 0 Å². The summed E-state index contributed by atoms with van der Waals surface area (Å²) in [6, 6.07) is 11.9. The van der Waals surface area contributed by atoms with Gasteiger partial charge in [0.1, 0.15) is 11.5 Å². The van der Waals surface area contributed by atoms with Crippen molar-refractivity contribution in [3.05, 3.63) is 53.1 Å². The Labute approximate surface area is 167 Å². The van der Waals surface area contributed by atoms with Gasteiger partial charge in [-0.25, -0.2) is 0 Å². The molecule has 0 saturated heterocycles. The number of rotatable bonds is 8. The minimum absolute atomic E-state index is 0.121. The van der Waals surface area contributed by atoms with Crippen LogP contribution in [0.4, 0.5) is 5.69 Å². The molecule has 150 valence electrons. The van der Waals surface area contributed by atoms with Crippen molar-refractivity contribution in [2.75, 3.05) is 38.8 Å². The number of carbonyl (C=O) groups is 1. The lowest BCUT2D eigenvalue weighted by molar-refractivity contribution is 0.0953. The van der Waals surface area contributed by atoms with Crippen molar-refractivity contribution in [2.24, 2.45) is 0 Å². The standard InChI is InChI=1S/C23H30N2O3/c1-4-11-25-12-5-6-18-13-17(7-8-22(18)25)9-10-24-23(26)19-14-20(27-2)16-21(15-19)28-3/h7-8,13-16H,4-6,9-12H2,1-3H3,(H,24,26). The molecule has 1 N–H and O–H groups in total. The van der Waals surface area contributed by atoms with Crippen molar-refractivity contribution in [2.45, 2.75) is 32.6 Å². The minimum Gasteiger partial charge on any atom is -0.497 e. The third-order valence-electron chi connectivity index (χ3n) is 5.17. The van der Waals surface area contributed by atoms with E-state index in [1.807, 2.05) is 0 Å². The summed E-state index contributed by atoms with van der Waals surface area (Å²) < 4.78 is 10.5. The van der Waals surface area contributed by atoms with E-state index < -0.39 is 0 Å². The van der Waals surface area contributed by atoms with Crippen molar-refractivity contribution in [1.29, 1.82) is 0 Å². The highest BCUT2D eigenvalue weighted by Gasteiger charge is 2.16. The smallest absolute Gasteiger partial charge is 0.251 e. The molecular formula is C23H30N2O3. The van der Waals surface area contributed by atoms with Gasteiger partial charge in [0, 0.05) is 37.0 Å². The maximum absolute atomic E-state index is 12.5. The zero-order valence-electron chi connectivity index (χ0n) is 17.1. The van der Waals surface area contributed by atoms with E-state index in [0.717, 1.165) is 25.9 Å². The molecule has 1 aliphatic rings. The highest BCUT2D eigenvalue weighted by Crippen LogP contribution is 2.28. The quantitative estimate of drug-likeness (QED) is 0.754. The Morgan fingerprint density at radius 2 is 1.86 bits per heavy atom. The SMILES string of the molecule is CCCN1CCCc2cc(CCNC(=O)c3cc(OC)cc(OC)c3)ccc21. The molecule has 28 heavy (non-hydrogen) atoms. The summed E-state index contributed by atoms with van der Waals surface area (Å²) in [5.74, 6) is 1.09. The van der Waals surface area contributed by atoms with Crippen molar-refractivity contribution in [1.82, 2.24) is 5.32 Å². The molecule has 0 radical (unpaired) electrons. The zero-order valence-corrected chi connectivity index (χ0v) is 17.1. The number of nitrogens with zero attached hydrogens (tertiary/aromatic N) is 1. The summed E-state index contributed by atoms with van der Waals surface area (Å²) >= 11 is 0. The summed E-state index contributed by atoms with van der Waals surface area (Å²) in [5.41, 5.74) is 4.61. The number of aryl methyl sites for hydroxylation is 1. The first-order valence-electron chi connectivity index (χ1n) is 10.0. The molecule has 0 spiro atoms. The highest BCUT2D eigenvalue weighted by molar-refractivity contribution is 5.95. The second-order valence-electron chi connectivity index (χ2n) is 7.16. The van der Waals surface area contributed by atoms with Crippen LogP contribution in [-0.4, -0.2) is 39.8 Å². The Bertz CT molecular complexity index is 797. The average molecular weight is 383 g/mol. The maximum Gasteiger partial charge on any atom is 0.251 e. The summed E-state index contributed by atoms with van der Waals surface area (Å²) in [6.45, 7) is 5.09. The van der Waals surface area contributed by atoms with Gasteiger partial charge in [-0.1, -0.05) is 19.1 Å². The van der Waals surface area contributed by atoms with Crippen molar-refractivity contribution in [3.8, 4) is 11.5 Å². The van der Waals surface area contributed by atoms with Crippen LogP contribution in [0.3, 0.4) is 0 Å².